The number of hydrogen-bond acceptors (Lipinski definition) is 5. The second kappa shape index (κ2) is 8.03. The number of rotatable bonds is 4. The van der Waals surface area contributed by atoms with Crippen LogP contribution in [0.15, 0.2) is 71.3 Å². The second-order valence-electron chi connectivity index (χ2n) is 6.99. The molecule has 6 nitrogen and oxygen atoms in total. The zero-order valence-corrected chi connectivity index (χ0v) is 17.7. The molecule has 2 atom stereocenters. The Balaban J connectivity index is 1.44. The predicted octanol–water partition coefficient (Wildman–Crippen LogP) is 3.83. The van der Waals surface area contributed by atoms with Gasteiger partial charge in [-0.25, -0.2) is 20.3 Å². The maximum atomic E-state index is 13.3. The summed E-state index contributed by atoms with van der Waals surface area (Å²) < 4.78 is 14.3. The Hall–Kier alpha value is -2.59. The number of halogens is 2. The molecule has 0 saturated heterocycles. The maximum absolute atomic E-state index is 13.3. The lowest BCUT2D eigenvalue weighted by Gasteiger charge is -2.29. The number of carbonyl (C=O) groups is 1. The van der Waals surface area contributed by atoms with Gasteiger partial charge in [-0.2, -0.15) is 4.39 Å². The van der Waals surface area contributed by atoms with Gasteiger partial charge < -0.3 is 5.32 Å². The van der Waals surface area contributed by atoms with Crippen molar-refractivity contribution in [3.63, 3.8) is 0 Å². The molecule has 1 aromatic heterocycles. The lowest BCUT2D eigenvalue weighted by molar-refractivity contribution is 0.0372. The topological polar surface area (TPSA) is 75.6 Å². The molecule has 2 heterocycles. The Morgan fingerprint density at radius 2 is 2.14 bits per heavy atom. The van der Waals surface area contributed by atoms with Crippen LogP contribution in [-0.2, 0) is 4.84 Å². The second-order valence-corrected chi connectivity index (χ2v) is 8.15. The fourth-order valence-electron chi connectivity index (χ4n) is 3.08. The first-order valence-electron chi connectivity index (χ1n) is 9.02. The molecular weight excluding hydrogens is 486 g/mol. The number of nitrogens with zero attached hydrogens (tertiary/aromatic N) is 2. The van der Waals surface area contributed by atoms with E-state index >= 15 is 0 Å². The minimum absolute atomic E-state index is 0.0462. The first-order chi connectivity index (χ1) is 13.9. The van der Waals surface area contributed by atoms with E-state index in [1.54, 1.807) is 0 Å². The molecule has 1 aromatic carbocycles. The molecule has 0 spiro atoms. The third-order valence-electron chi connectivity index (χ3n) is 4.68. The summed E-state index contributed by atoms with van der Waals surface area (Å²) in [6, 6.07) is 12.1. The van der Waals surface area contributed by atoms with Crippen LogP contribution in [0.5, 0.6) is 0 Å². The third kappa shape index (κ3) is 4.38. The van der Waals surface area contributed by atoms with Gasteiger partial charge in [0.2, 0.25) is 12.2 Å². The number of carbonyl (C=O) groups excluding carboxylic acids is 1. The molecule has 0 fully saturated rings. The highest BCUT2D eigenvalue weighted by Crippen LogP contribution is 2.29. The number of hydroxylamine groups is 1. The maximum Gasteiger partial charge on any atom is 0.270 e. The van der Waals surface area contributed by atoms with E-state index < -0.39 is 23.6 Å². The minimum Gasteiger partial charge on any atom is -0.342 e. The van der Waals surface area contributed by atoms with Crippen molar-refractivity contribution in [1.82, 2.24) is 15.8 Å². The van der Waals surface area contributed by atoms with E-state index in [4.69, 9.17) is 4.84 Å². The highest BCUT2D eigenvalue weighted by molar-refractivity contribution is 14.1. The Kier molecular flexibility index (Phi) is 5.46. The highest BCUT2D eigenvalue weighted by atomic mass is 127. The molecule has 29 heavy (non-hydrogen) atoms. The number of amides is 1. The van der Waals surface area contributed by atoms with Crippen LogP contribution in [0.4, 0.5) is 4.39 Å². The summed E-state index contributed by atoms with van der Waals surface area (Å²) in [4.78, 5) is 26.3. The van der Waals surface area contributed by atoms with E-state index in [9.17, 15) is 9.18 Å². The van der Waals surface area contributed by atoms with Crippen molar-refractivity contribution in [3.05, 3.63) is 87.0 Å². The summed E-state index contributed by atoms with van der Waals surface area (Å²) in [5, 5.41) is 2.90. The van der Waals surface area contributed by atoms with Crippen LogP contribution in [0.2, 0.25) is 0 Å². The van der Waals surface area contributed by atoms with Crippen molar-refractivity contribution in [2.75, 3.05) is 0 Å². The van der Waals surface area contributed by atoms with Gasteiger partial charge in [-0.3, -0.25) is 4.79 Å². The molecule has 8 heteroatoms. The van der Waals surface area contributed by atoms with Gasteiger partial charge in [0.25, 0.3) is 5.91 Å². The van der Waals surface area contributed by atoms with Gasteiger partial charge in [0.15, 0.2) is 5.84 Å². The van der Waals surface area contributed by atoms with Crippen LogP contribution in [0, 0.1) is 9.52 Å². The van der Waals surface area contributed by atoms with Gasteiger partial charge in [0.05, 0.1) is 5.54 Å². The monoisotopic (exact) mass is 504 g/mol. The Labute approximate surface area is 181 Å². The summed E-state index contributed by atoms with van der Waals surface area (Å²) in [7, 11) is 0. The molecular formula is C21H18FIN4O2. The van der Waals surface area contributed by atoms with Gasteiger partial charge in [-0.15, -0.1) is 0 Å². The summed E-state index contributed by atoms with van der Waals surface area (Å²) in [6.45, 7) is 1.89. The Morgan fingerprint density at radius 1 is 1.31 bits per heavy atom. The van der Waals surface area contributed by atoms with Crippen LogP contribution < -0.4 is 10.8 Å². The average molecular weight is 504 g/mol. The van der Waals surface area contributed by atoms with Crippen LogP contribution >= 0.6 is 22.6 Å². The lowest BCUT2D eigenvalue weighted by Crippen LogP contribution is -2.45. The van der Waals surface area contributed by atoms with Crippen molar-refractivity contribution in [1.29, 1.82) is 0 Å². The largest absolute Gasteiger partial charge is 0.342 e. The standard InChI is InChI=1S/C21H18FIN4O2/c1-21(26-19(28)16-7-4-8-17(22)24-16)11-9-13(10-12-21)18-25-20(29-27-18)14-5-2-3-6-15(14)23/h2-11,20H,12H2,1H3,(H,25,27)(H,26,28). The normalized spacial score (nSPS) is 23.2. The number of pyridine rings is 1. The molecule has 2 aromatic rings. The summed E-state index contributed by atoms with van der Waals surface area (Å²) in [5.41, 5.74) is 4.21. The number of aliphatic imine (C=N–C) groups is 1. The highest BCUT2D eigenvalue weighted by Gasteiger charge is 2.29. The Bertz CT molecular complexity index is 1050. The molecule has 1 aliphatic heterocycles. The number of amidine groups is 1. The molecule has 2 N–H and O–H groups in total. The number of benzene rings is 1. The molecule has 2 aliphatic rings. The molecule has 1 amide bonds. The van der Waals surface area contributed by atoms with E-state index in [2.05, 4.69) is 43.4 Å². The van der Waals surface area contributed by atoms with Crippen LogP contribution in [0.3, 0.4) is 0 Å². The minimum atomic E-state index is -0.683. The van der Waals surface area contributed by atoms with Crippen molar-refractivity contribution in [3.8, 4) is 0 Å². The molecule has 0 radical (unpaired) electrons. The molecule has 4 rings (SSSR count). The van der Waals surface area contributed by atoms with Crippen molar-refractivity contribution < 1.29 is 14.0 Å². The van der Waals surface area contributed by atoms with E-state index in [0.717, 1.165) is 14.7 Å². The lowest BCUT2D eigenvalue weighted by atomic mass is 9.90. The first kappa shape index (κ1) is 19.7. The quantitative estimate of drug-likeness (QED) is 0.491. The van der Waals surface area contributed by atoms with Crippen LogP contribution in [-0.4, -0.2) is 22.3 Å². The SMILES string of the molecule is CC1(NC(=O)c2cccc(F)n2)C=CC(C2=NC(c3ccccc3I)ON2)=CC1. The predicted molar refractivity (Wildman–Crippen MR) is 115 cm³/mol. The zero-order chi connectivity index (χ0) is 20.4. The average Bonchev–Trinajstić information content (AvgIpc) is 3.18. The Morgan fingerprint density at radius 3 is 2.86 bits per heavy atom. The molecule has 0 bridgehead atoms. The molecule has 1 aliphatic carbocycles. The number of hydrogen-bond donors (Lipinski definition) is 2. The molecule has 148 valence electrons. The zero-order valence-electron chi connectivity index (χ0n) is 15.5. The fourth-order valence-corrected chi connectivity index (χ4v) is 3.74. The summed E-state index contributed by atoms with van der Waals surface area (Å²) >= 11 is 2.26. The summed E-state index contributed by atoms with van der Waals surface area (Å²) in [5.74, 6) is -0.463. The fraction of sp³-hybridized carbons (Fsp3) is 0.190. The number of aromatic nitrogens is 1. The van der Waals surface area contributed by atoms with Gasteiger partial charge in [-0.05, 0) is 54.1 Å². The van der Waals surface area contributed by atoms with Crippen molar-refractivity contribution in [2.24, 2.45) is 4.99 Å². The molecule has 0 saturated carbocycles. The smallest absolute Gasteiger partial charge is 0.270 e. The number of nitrogens with one attached hydrogen (secondary N) is 2. The van der Waals surface area contributed by atoms with Gasteiger partial charge in [0.1, 0.15) is 5.69 Å². The van der Waals surface area contributed by atoms with Crippen LogP contribution in [0.25, 0.3) is 0 Å². The third-order valence-corrected chi connectivity index (χ3v) is 5.66. The molecule has 2 unspecified atom stereocenters. The first-order valence-corrected chi connectivity index (χ1v) is 10.1. The van der Waals surface area contributed by atoms with Crippen LogP contribution in [0.1, 0.15) is 35.6 Å². The van der Waals surface area contributed by atoms with E-state index in [0.29, 0.717) is 12.3 Å². The van der Waals surface area contributed by atoms with Gasteiger partial charge >= 0.3 is 0 Å². The van der Waals surface area contributed by atoms with E-state index in [-0.39, 0.29) is 5.69 Å². The summed E-state index contributed by atoms with van der Waals surface area (Å²) in [6.07, 6.45) is 5.90. The van der Waals surface area contributed by atoms with Crippen molar-refractivity contribution in [2.45, 2.75) is 25.1 Å². The van der Waals surface area contributed by atoms with E-state index in [1.165, 1.54) is 18.2 Å². The van der Waals surface area contributed by atoms with Crippen molar-refractivity contribution >= 4 is 34.3 Å². The van der Waals surface area contributed by atoms with Gasteiger partial charge in [0, 0.05) is 14.7 Å². The van der Waals surface area contributed by atoms with Gasteiger partial charge in [-0.1, -0.05) is 42.5 Å². The van der Waals surface area contributed by atoms with E-state index in [1.807, 2.05) is 49.4 Å².